The second-order valence-electron chi connectivity index (χ2n) is 7.89. The van der Waals surface area contributed by atoms with Crippen LogP contribution in [0, 0.1) is 5.92 Å². The third kappa shape index (κ3) is 2.95. The highest BCUT2D eigenvalue weighted by atomic mass is 16.5. The molecular formula is C21H30N2O2. The standard InChI is InChI=1S/C21H30N2O2/c1-3-4-8-19(24)23-14-18(16-6-5-7-17(13-16)25-2)21-20(23)15-9-11-22(21)12-10-15/h5-7,13,15,18,20-21H,3-4,8-12,14H2,1-2H3/t18-,20+,21+/m0/s1. The first-order valence-electron chi connectivity index (χ1n) is 9.90. The van der Waals surface area contributed by atoms with Gasteiger partial charge in [0.1, 0.15) is 5.75 Å². The predicted molar refractivity (Wildman–Crippen MR) is 98.8 cm³/mol. The maximum absolute atomic E-state index is 12.9. The highest BCUT2D eigenvalue weighted by Gasteiger charge is 2.54. The average Bonchev–Trinajstić information content (AvgIpc) is 3.10. The molecule has 0 aliphatic carbocycles. The first kappa shape index (κ1) is 16.9. The number of amides is 1. The number of methoxy groups -OCH3 is 1. The molecule has 4 saturated heterocycles. The first-order valence-corrected chi connectivity index (χ1v) is 9.90. The number of rotatable bonds is 5. The quantitative estimate of drug-likeness (QED) is 0.823. The summed E-state index contributed by atoms with van der Waals surface area (Å²) >= 11 is 0. The predicted octanol–water partition coefficient (Wildman–Crippen LogP) is 3.27. The molecule has 4 aliphatic rings. The zero-order valence-corrected chi connectivity index (χ0v) is 15.5. The van der Waals surface area contributed by atoms with Crippen molar-refractivity contribution in [1.29, 1.82) is 0 Å². The van der Waals surface area contributed by atoms with E-state index in [9.17, 15) is 4.79 Å². The second kappa shape index (κ2) is 6.99. The van der Waals surface area contributed by atoms with Crippen LogP contribution in [0.3, 0.4) is 0 Å². The summed E-state index contributed by atoms with van der Waals surface area (Å²) in [6, 6.07) is 9.39. The lowest BCUT2D eigenvalue weighted by atomic mass is 9.75. The molecule has 0 aromatic heterocycles. The van der Waals surface area contributed by atoms with Crippen LogP contribution in [0.4, 0.5) is 0 Å². The fraction of sp³-hybridized carbons (Fsp3) is 0.667. The maximum atomic E-state index is 12.9. The molecule has 4 aliphatic heterocycles. The number of likely N-dealkylation sites (tertiary alicyclic amines) is 1. The minimum absolute atomic E-state index is 0.371. The number of hydrogen-bond donors (Lipinski definition) is 0. The van der Waals surface area contributed by atoms with Crippen LogP contribution in [0.1, 0.15) is 50.5 Å². The van der Waals surface area contributed by atoms with Gasteiger partial charge in [0.25, 0.3) is 0 Å². The average molecular weight is 342 g/mol. The number of hydrogen-bond acceptors (Lipinski definition) is 3. The number of unbranched alkanes of at least 4 members (excludes halogenated alkanes) is 1. The highest BCUT2D eigenvalue weighted by molar-refractivity contribution is 5.77. The fourth-order valence-electron chi connectivity index (χ4n) is 5.34. The molecule has 25 heavy (non-hydrogen) atoms. The van der Waals surface area contributed by atoms with Gasteiger partial charge in [-0.2, -0.15) is 0 Å². The SMILES string of the molecule is CCCCC(=O)N1C[C@@H](c2cccc(OC)c2)[C@@H]2[C@H]1C1CCN2CC1. The molecule has 4 fully saturated rings. The van der Waals surface area contributed by atoms with Crippen LogP contribution in [0.25, 0.3) is 0 Å². The summed E-state index contributed by atoms with van der Waals surface area (Å²) in [4.78, 5) is 17.8. The monoisotopic (exact) mass is 342 g/mol. The summed E-state index contributed by atoms with van der Waals surface area (Å²) in [6.07, 6.45) is 5.30. The first-order chi connectivity index (χ1) is 12.2. The van der Waals surface area contributed by atoms with Crippen LogP contribution in [-0.2, 0) is 4.79 Å². The number of fused-ring (bicyclic) bond motifs is 2. The van der Waals surface area contributed by atoms with E-state index < -0.39 is 0 Å². The van der Waals surface area contributed by atoms with Crippen molar-refractivity contribution in [2.75, 3.05) is 26.7 Å². The lowest BCUT2D eigenvalue weighted by Crippen LogP contribution is -2.60. The Bertz CT molecular complexity index is 624. The van der Waals surface area contributed by atoms with Crippen molar-refractivity contribution in [2.45, 2.75) is 57.0 Å². The van der Waals surface area contributed by atoms with E-state index in [1.54, 1.807) is 7.11 Å². The molecule has 0 spiro atoms. The minimum atomic E-state index is 0.371. The molecule has 1 amide bonds. The van der Waals surface area contributed by atoms with Crippen molar-refractivity contribution in [3.63, 3.8) is 0 Å². The topological polar surface area (TPSA) is 32.8 Å². The van der Waals surface area contributed by atoms with Crippen molar-refractivity contribution >= 4 is 5.91 Å². The minimum Gasteiger partial charge on any atom is -0.497 e. The molecule has 2 bridgehead atoms. The smallest absolute Gasteiger partial charge is 0.222 e. The molecule has 0 N–H and O–H groups in total. The Morgan fingerprint density at radius 2 is 2.04 bits per heavy atom. The number of carbonyl (C=O) groups is 1. The Kier molecular flexibility index (Phi) is 4.72. The molecule has 136 valence electrons. The van der Waals surface area contributed by atoms with E-state index in [0.717, 1.165) is 25.1 Å². The van der Waals surface area contributed by atoms with E-state index in [1.807, 2.05) is 6.07 Å². The molecule has 1 aromatic carbocycles. The van der Waals surface area contributed by atoms with Crippen molar-refractivity contribution in [3.05, 3.63) is 29.8 Å². The Labute approximate surface area is 151 Å². The summed E-state index contributed by atoms with van der Waals surface area (Å²) in [5.74, 6) is 2.39. The maximum Gasteiger partial charge on any atom is 0.222 e. The van der Waals surface area contributed by atoms with Crippen LogP contribution in [-0.4, -0.2) is 54.5 Å². The molecule has 4 heteroatoms. The van der Waals surface area contributed by atoms with Gasteiger partial charge in [0.15, 0.2) is 0 Å². The van der Waals surface area contributed by atoms with Gasteiger partial charge < -0.3 is 9.64 Å². The summed E-state index contributed by atoms with van der Waals surface area (Å²) in [5, 5.41) is 0. The number of benzene rings is 1. The third-order valence-corrected chi connectivity index (χ3v) is 6.58. The lowest BCUT2D eigenvalue weighted by molar-refractivity contribution is -0.136. The van der Waals surface area contributed by atoms with Gasteiger partial charge in [-0.3, -0.25) is 9.69 Å². The molecular weight excluding hydrogens is 312 g/mol. The molecule has 0 saturated carbocycles. The lowest BCUT2D eigenvalue weighted by Gasteiger charge is -2.51. The molecule has 1 aromatic rings. The Morgan fingerprint density at radius 1 is 1.24 bits per heavy atom. The molecule has 0 unspecified atom stereocenters. The molecule has 0 radical (unpaired) electrons. The van der Waals surface area contributed by atoms with E-state index in [1.165, 1.54) is 31.5 Å². The molecule has 3 atom stereocenters. The van der Waals surface area contributed by atoms with Gasteiger partial charge >= 0.3 is 0 Å². The van der Waals surface area contributed by atoms with E-state index in [4.69, 9.17) is 4.74 Å². The number of ether oxygens (including phenoxy) is 1. The van der Waals surface area contributed by atoms with Gasteiger partial charge in [-0.05, 0) is 56.0 Å². The largest absolute Gasteiger partial charge is 0.497 e. The Balaban J connectivity index is 1.64. The van der Waals surface area contributed by atoms with Crippen LogP contribution < -0.4 is 4.74 Å². The van der Waals surface area contributed by atoms with Gasteiger partial charge in [-0.25, -0.2) is 0 Å². The zero-order chi connectivity index (χ0) is 17.4. The second-order valence-corrected chi connectivity index (χ2v) is 7.89. The normalized spacial score (nSPS) is 33.4. The fourth-order valence-corrected chi connectivity index (χ4v) is 5.34. The third-order valence-electron chi connectivity index (χ3n) is 6.58. The summed E-state index contributed by atoms with van der Waals surface area (Å²) in [5.41, 5.74) is 1.33. The van der Waals surface area contributed by atoms with E-state index >= 15 is 0 Å². The Hall–Kier alpha value is -1.55. The molecule has 4 heterocycles. The summed E-state index contributed by atoms with van der Waals surface area (Å²) in [7, 11) is 1.73. The number of piperidine rings is 3. The van der Waals surface area contributed by atoms with Gasteiger partial charge in [0.2, 0.25) is 5.91 Å². The highest BCUT2D eigenvalue weighted by Crippen LogP contribution is 2.47. The zero-order valence-electron chi connectivity index (χ0n) is 15.5. The summed E-state index contributed by atoms with van der Waals surface area (Å²) < 4.78 is 5.45. The van der Waals surface area contributed by atoms with Crippen LogP contribution >= 0.6 is 0 Å². The van der Waals surface area contributed by atoms with Crippen molar-refractivity contribution in [3.8, 4) is 5.75 Å². The summed E-state index contributed by atoms with van der Waals surface area (Å²) in [6.45, 7) is 5.43. The number of nitrogens with zero attached hydrogens (tertiary/aromatic N) is 2. The van der Waals surface area contributed by atoms with Crippen molar-refractivity contribution < 1.29 is 9.53 Å². The molecule has 5 rings (SSSR count). The van der Waals surface area contributed by atoms with Gasteiger partial charge in [0, 0.05) is 24.9 Å². The van der Waals surface area contributed by atoms with E-state index in [-0.39, 0.29) is 0 Å². The van der Waals surface area contributed by atoms with Gasteiger partial charge in [0.05, 0.1) is 13.2 Å². The van der Waals surface area contributed by atoms with Crippen LogP contribution in [0.15, 0.2) is 24.3 Å². The number of carbonyl (C=O) groups excluding carboxylic acids is 1. The van der Waals surface area contributed by atoms with Gasteiger partial charge in [-0.1, -0.05) is 25.5 Å². The van der Waals surface area contributed by atoms with E-state index in [0.29, 0.717) is 36.2 Å². The van der Waals surface area contributed by atoms with Crippen molar-refractivity contribution in [2.24, 2.45) is 5.92 Å². The molecule has 4 nitrogen and oxygen atoms in total. The van der Waals surface area contributed by atoms with Crippen LogP contribution in [0.5, 0.6) is 5.75 Å². The van der Waals surface area contributed by atoms with Crippen LogP contribution in [0.2, 0.25) is 0 Å². The Morgan fingerprint density at radius 3 is 2.76 bits per heavy atom. The van der Waals surface area contributed by atoms with Gasteiger partial charge in [-0.15, -0.1) is 0 Å². The van der Waals surface area contributed by atoms with E-state index in [2.05, 4.69) is 34.9 Å². The van der Waals surface area contributed by atoms with Crippen molar-refractivity contribution in [1.82, 2.24) is 9.80 Å².